The van der Waals surface area contributed by atoms with E-state index in [2.05, 4.69) is 25.8 Å². The van der Waals surface area contributed by atoms with Crippen molar-refractivity contribution < 1.29 is 4.74 Å². The molecule has 1 saturated carbocycles. The van der Waals surface area contributed by atoms with Crippen molar-refractivity contribution in [3.05, 3.63) is 16.1 Å². The van der Waals surface area contributed by atoms with Crippen LogP contribution < -0.4 is 5.73 Å². The Kier molecular flexibility index (Phi) is 4.09. The summed E-state index contributed by atoms with van der Waals surface area (Å²) in [7, 11) is 0. The Bertz CT molecular complexity index is 390. The summed E-state index contributed by atoms with van der Waals surface area (Å²) in [5.74, 6) is 0. The van der Waals surface area contributed by atoms with Crippen molar-refractivity contribution in [3.63, 3.8) is 0 Å². The lowest BCUT2D eigenvalue weighted by Gasteiger charge is -2.42. The molecule has 2 N–H and O–H groups in total. The van der Waals surface area contributed by atoms with Gasteiger partial charge in [-0.2, -0.15) is 0 Å². The average Bonchev–Trinajstić information content (AvgIpc) is 2.82. The summed E-state index contributed by atoms with van der Waals surface area (Å²) >= 11 is 1.72. The second kappa shape index (κ2) is 5.27. The first-order valence-electron chi connectivity index (χ1n) is 6.80. The van der Waals surface area contributed by atoms with Crippen LogP contribution in [-0.4, -0.2) is 11.6 Å². The minimum atomic E-state index is -0.150. The van der Waals surface area contributed by atoms with Crippen molar-refractivity contribution in [2.24, 2.45) is 11.1 Å². The van der Waals surface area contributed by atoms with Gasteiger partial charge in [0.1, 0.15) is 10.6 Å². The summed E-state index contributed by atoms with van der Waals surface area (Å²) in [6.07, 6.45) is 6.45. The van der Waals surface area contributed by atoms with Crippen LogP contribution in [-0.2, 0) is 16.9 Å². The van der Waals surface area contributed by atoms with Crippen molar-refractivity contribution in [2.75, 3.05) is 6.61 Å². The van der Waals surface area contributed by atoms with Crippen LogP contribution >= 0.6 is 11.3 Å². The maximum absolute atomic E-state index is 6.11. The highest BCUT2D eigenvalue weighted by atomic mass is 32.1. The molecular formula is C14H24N2OS. The van der Waals surface area contributed by atoms with Gasteiger partial charge in [0.15, 0.2) is 0 Å². The Morgan fingerprint density at radius 2 is 2.00 bits per heavy atom. The normalized spacial score (nSPS) is 22.0. The third kappa shape index (κ3) is 2.76. The van der Waals surface area contributed by atoms with E-state index in [0.29, 0.717) is 12.0 Å². The Morgan fingerprint density at radius 3 is 2.50 bits per heavy atom. The van der Waals surface area contributed by atoms with Gasteiger partial charge in [0.25, 0.3) is 0 Å². The smallest absolute Gasteiger partial charge is 0.125 e. The molecule has 2 rings (SSSR count). The van der Waals surface area contributed by atoms with Crippen LogP contribution in [0, 0.1) is 5.41 Å². The predicted octanol–water partition coefficient (Wildman–Crippen LogP) is 3.43. The maximum Gasteiger partial charge on any atom is 0.125 e. The zero-order valence-corrected chi connectivity index (χ0v) is 12.5. The molecule has 1 aromatic rings. The topological polar surface area (TPSA) is 48.1 Å². The molecular weight excluding hydrogens is 244 g/mol. The lowest BCUT2D eigenvalue weighted by molar-refractivity contribution is -0.0890. The minimum Gasteiger partial charge on any atom is -0.368 e. The molecule has 1 aliphatic rings. The number of thiazole rings is 1. The lowest BCUT2D eigenvalue weighted by Crippen LogP contribution is -2.37. The van der Waals surface area contributed by atoms with E-state index in [9.17, 15) is 0 Å². The molecule has 0 unspecified atom stereocenters. The fraction of sp³-hybridized carbons (Fsp3) is 0.786. The highest BCUT2D eigenvalue weighted by Crippen LogP contribution is 2.48. The van der Waals surface area contributed by atoms with E-state index < -0.39 is 0 Å². The molecule has 3 nitrogen and oxygen atoms in total. The van der Waals surface area contributed by atoms with Crippen molar-refractivity contribution in [2.45, 2.75) is 58.6 Å². The molecule has 18 heavy (non-hydrogen) atoms. The molecule has 0 amide bonds. The van der Waals surface area contributed by atoms with Crippen LogP contribution in [0.4, 0.5) is 0 Å². The number of hydrogen-bond acceptors (Lipinski definition) is 4. The van der Waals surface area contributed by atoms with Gasteiger partial charge in [0, 0.05) is 24.2 Å². The van der Waals surface area contributed by atoms with Gasteiger partial charge in [-0.1, -0.05) is 13.8 Å². The van der Waals surface area contributed by atoms with E-state index >= 15 is 0 Å². The Hall–Kier alpha value is -0.450. The number of nitrogens with two attached hydrogens (primary N) is 1. The molecule has 0 aliphatic heterocycles. The van der Waals surface area contributed by atoms with E-state index in [0.717, 1.165) is 29.3 Å². The van der Waals surface area contributed by atoms with E-state index in [1.54, 1.807) is 11.3 Å². The molecule has 0 atom stereocenters. The largest absolute Gasteiger partial charge is 0.368 e. The van der Waals surface area contributed by atoms with Gasteiger partial charge in [-0.05, 0) is 38.0 Å². The molecule has 0 spiro atoms. The molecule has 0 bridgehead atoms. The molecule has 1 fully saturated rings. The van der Waals surface area contributed by atoms with Gasteiger partial charge in [-0.3, -0.25) is 0 Å². The third-order valence-corrected chi connectivity index (χ3v) is 5.18. The first-order chi connectivity index (χ1) is 8.51. The Balaban J connectivity index is 2.22. The third-order valence-electron chi connectivity index (χ3n) is 3.98. The highest BCUT2D eigenvalue weighted by molar-refractivity contribution is 7.11. The van der Waals surface area contributed by atoms with Crippen LogP contribution in [0.3, 0.4) is 0 Å². The van der Waals surface area contributed by atoms with Crippen molar-refractivity contribution >= 4 is 11.3 Å². The van der Waals surface area contributed by atoms with E-state index in [1.165, 1.54) is 12.8 Å². The second-order valence-corrected chi connectivity index (χ2v) is 7.04. The first-order valence-corrected chi connectivity index (χ1v) is 7.62. The van der Waals surface area contributed by atoms with Crippen LogP contribution in [0.15, 0.2) is 6.20 Å². The summed E-state index contributed by atoms with van der Waals surface area (Å²) in [6, 6.07) is 0. The number of aromatic nitrogens is 1. The minimum absolute atomic E-state index is 0.150. The van der Waals surface area contributed by atoms with Gasteiger partial charge in [0.2, 0.25) is 0 Å². The Morgan fingerprint density at radius 1 is 1.33 bits per heavy atom. The van der Waals surface area contributed by atoms with Gasteiger partial charge in [0.05, 0.1) is 0 Å². The average molecular weight is 268 g/mol. The fourth-order valence-corrected chi connectivity index (χ4v) is 3.63. The Labute approximate surface area is 114 Å². The number of hydrogen-bond donors (Lipinski definition) is 1. The van der Waals surface area contributed by atoms with E-state index in [1.807, 2.05) is 6.20 Å². The lowest BCUT2D eigenvalue weighted by atomic mass is 9.71. The zero-order chi connectivity index (χ0) is 13.2. The molecule has 1 heterocycles. The van der Waals surface area contributed by atoms with E-state index in [-0.39, 0.29) is 5.60 Å². The predicted molar refractivity (Wildman–Crippen MR) is 75.6 cm³/mol. The van der Waals surface area contributed by atoms with Crippen molar-refractivity contribution in [1.29, 1.82) is 0 Å². The second-order valence-electron chi connectivity index (χ2n) is 5.93. The molecule has 102 valence electrons. The summed E-state index contributed by atoms with van der Waals surface area (Å²) in [5.41, 5.74) is 5.97. The first kappa shape index (κ1) is 14.0. The van der Waals surface area contributed by atoms with Crippen LogP contribution in [0.25, 0.3) is 0 Å². The van der Waals surface area contributed by atoms with E-state index in [4.69, 9.17) is 10.5 Å². The standard InChI is InChI=1S/C14H24N2OS/c1-4-17-14(7-5-13(2,3)6-8-14)12-16-10-11(9-15)18-12/h10H,4-9,15H2,1-3H3. The summed E-state index contributed by atoms with van der Waals surface area (Å²) < 4.78 is 6.11. The van der Waals surface area contributed by atoms with Gasteiger partial charge >= 0.3 is 0 Å². The van der Waals surface area contributed by atoms with Gasteiger partial charge in [-0.25, -0.2) is 4.98 Å². The van der Waals surface area contributed by atoms with Gasteiger partial charge in [-0.15, -0.1) is 11.3 Å². The molecule has 0 radical (unpaired) electrons. The molecule has 0 saturated heterocycles. The highest BCUT2D eigenvalue weighted by Gasteiger charge is 2.42. The number of nitrogens with zero attached hydrogens (tertiary/aromatic N) is 1. The van der Waals surface area contributed by atoms with Crippen LogP contribution in [0.5, 0.6) is 0 Å². The van der Waals surface area contributed by atoms with Crippen LogP contribution in [0.2, 0.25) is 0 Å². The molecule has 4 heteroatoms. The molecule has 1 aromatic heterocycles. The molecule has 1 aliphatic carbocycles. The number of ether oxygens (including phenoxy) is 1. The quantitative estimate of drug-likeness (QED) is 0.910. The summed E-state index contributed by atoms with van der Waals surface area (Å²) in [6.45, 7) is 8.08. The summed E-state index contributed by atoms with van der Waals surface area (Å²) in [5, 5.41) is 1.13. The fourth-order valence-electron chi connectivity index (χ4n) is 2.64. The zero-order valence-electron chi connectivity index (χ0n) is 11.7. The monoisotopic (exact) mass is 268 g/mol. The SMILES string of the molecule is CCOC1(c2ncc(CN)s2)CCC(C)(C)CC1. The van der Waals surface area contributed by atoms with Crippen molar-refractivity contribution in [1.82, 2.24) is 4.98 Å². The van der Waals surface area contributed by atoms with Crippen LogP contribution in [0.1, 0.15) is 56.3 Å². The van der Waals surface area contributed by atoms with Gasteiger partial charge < -0.3 is 10.5 Å². The number of rotatable bonds is 4. The van der Waals surface area contributed by atoms with Crippen molar-refractivity contribution in [3.8, 4) is 0 Å². The maximum atomic E-state index is 6.11. The summed E-state index contributed by atoms with van der Waals surface area (Å²) in [4.78, 5) is 5.71. The molecule has 0 aromatic carbocycles.